The minimum absolute atomic E-state index is 0.147. The van der Waals surface area contributed by atoms with Gasteiger partial charge in [0, 0.05) is 29.6 Å². The van der Waals surface area contributed by atoms with Crippen molar-refractivity contribution in [1.29, 1.82) is 0 Å². The second-order valence-corrected chi connectivity index (χ2v) is 5.31. The van der Waals surface area contributed by atoms with E-state index in [2.05, 4.69) is 10.3 Å². The molecule has 0 amide bonds. The highest BCUT2D eigenvalue weighted by Gasteiger charge is 2.17. The van der Waals surface area contributed by atoms with Crippen molar-refractivity contribution in [3.05, 3.63) is 50.5 Å². The lowest BCUT2D eigenvalue weighted by atomic mass is 10.1. The number of nitro groups is 1. The van der Waals surface area contributed by atoms with E-state index in [1.54, 1.807) is 36.6 Å². The number of benzene rings is 1. The minimum Gasteiger partial charge on any atom is -0.379 e. The summed E-state index contributed by atoms with van der Waals surface area (Å²) < 4.78 is 0. The molecule has 1 atom stereocenters. The molecule has 0 bridgehead atoms. The Morgan fingerprint density at radius 1 is 1.53 bits per heavy atom. The molecule has 0 aliphatic rings. The van der Waals surface area contributed by atoms with Crippen LogP contribution in [0.15, 0.2) is 29.8 Å². The maximum Gasteiger partial charge on any atom is 0.295 e. The maximum absolute atomic E-state index is 11.1. The standard InChI is InChI=1S/C13H15N3O2S/c1-9-4-3-5-11(12(9)16(17)18)15-8-10(2)13-14-6-7-19-13/h3-7,10,15H,8H2,1-2H3. The molecule has 2 rings (SSSR count). The highest BCUT2D eigenvalue weighted by Crippen LogP contribution is 2.28. The zero-order valence-corrected chi connectivity index (χ0v) is 11.6. The van der Waals surface area contributed by atoms with Crippen LogP contribution >= 0.6 is 11.3 Å². The highest BCUT2D eigenvalue weighted by atomic mass is 32.1. The van der Waals surface area contributed by atoms with Crippen molar-refractivity contribution >= 4 is 22.7 Å². The Morgan fingerprint density at radius 2 is 2.32 bits per heavy atom. The van der Waals surface area contributed by atoms with E-state index in [9.17, 15) is 10.1 Å². The van der Waals surface area contributed by atoms with E-state index in [0.29, 0.717) is 17.8 Å². The van der Waals surface area contributed by atoms with E-state index in [1.165, 1.54) is 0 Å². The topological polar surface area (TPSA) is 68.1 Å². The van der Waals surface area contributed by atoms with Gasteiger partial charge in [-0.3, -0.25) is 10.1 Å². The van der Waals surface area contributed by atoms with Gasteiger partial charge in [-0.2, -0.15) is 0 Å². The molecule has 1 aromatic carbocycles. The van der Waals surface area contributed by atoms with Crippen LogP contribution in [-0.4, -0.2) is 16.5 Å². The van der Waals surface area contributed by atoms with Crippen molar-refractivity contribution in [2.24, 2.45) is 0 Å². The van der Waals surface area contributed by atoms with Crippen LogP contribution in [0.3, 0.4) is 0 Å². The Bertz CT molecular complexity index is 569. The van der Waals surface area contributed by atoms with E-state index in [4.69, 9.17) is 0 Å². The van der Waals surface area contributed by atoms with Gasteiger partial charge in [0.15, 0.2) is 0 Å². The Balaban J connectivity index is 2.12. The number of aryl methyl sites for hydroxylation is 1. The van der Waals surface area contributed by atoms with Gasteiger partial charge >= 0.3 is 0 Å². The van der Waals surface area contributed by atoms with Crippen molar-refractivity contribution in [1.82, 2.24) is 4.98 Å². The van der Waals surface area contributed by atoms with Gasteiger partial charge in [-0.25, -0.2) is 4.98 Å². The summed E-state index contributed by atoms with van der Waals surface area (Å²) in [4.78, 5) is 15.0. The average Bonchev–Trinajstić information content (AvgIpc) is 2.89. The predicted octanol–water partition coefficient (Wildman–Crippen LogP) is 3.58. The summed E-state index contributed by atoms with van der Waals surface area (Å²) in [6.07, 6.45) is 1.77. The monoisotopic (exact) mass is 277 g/mol. The number of nitrogens with zero attached hydrogens (tertiary/aromatic N) is 2. The van der Waals surface area contributed by atoms with Crippen molar-refractivity contribution in [3.8, 4) is 0 Å². The van der Waals surface area contributed by atoms with Crippen molar-refractivity contribution in [2.45, 2.75) is 19.8 Å². The first-order valence-corrected chi connectivity index (χ1v) is 6.85. The molecule has 0 radical (unpaired) electrons. The molecule has 2 aromatic rings. The molecule has 0 aliphatic carbocycles. The summed E-state index contributed by atoms with van der Waals surface area (Å²) in [7, 11) is 0. The molecule has 6 heteroatoms. The smallest absolute Gasteiger partial charge is 0.295 e. The molecule has 1 unspecified atom stereocenters. The summed E-state index contributed by atoms with van der Waals surface area (Å²) in [6.45, 7) is 4.42. The molecule has 1 N–H and O–H groups in total. The summed E-state index contributed by atoms with van der Waals surface area (Å²) in [5.41, 5.74) is 1.37. The average molecular weight is 277 g/mol. The van der Waals surface area contributed by atoms with E-state index in [-0.39, 0.29) is 16.5 Å². The zero-order chi connectivity index (χ0) is 13.8. The van der Waals surface area contributed by atoms with E-state index in [0.717, 1.165) is 5.01 Å². The zero-order valence-electron chi connectivity index (χ0n) is 10.8. The molecule has 0 saturated heterocycles. The van der Waals surface area contributed by atoms with Gasteiger partial charge in [-0.05, 0) is 13.0 Å². The van der Waals surface area contributed by atoms with Crippen LogP contribution < -0.4 is 5.32 Å². The first-order chi connectivity index (χ1) is 9.09. The third-order valence-electron chi connectivity index (χ3n) is 2.89. The number of anilines is 1. The largest absolute Gasteiger partial charge is 0.379 e. The third-order valence-corrected chi connectivity index (χ3v) is 3.90. The molecule has 0 spiro atoms. The van der Waals surface area contributed by atoms with Gasteiger partial charge in [0.25, 0.3) is 5.69 Å². The van der Waals surface area contributed by atoms with Crippen LogP contribution in [0, 0.1) is 17.0 Å². The number of aromatic nitrogens is 1. The SMILES string of the molecule is Cc1cccc(NCC(C)c2nccs2)c1[N+](=O)[O-]. The summed E-state index contributed by atoms with van der Waals surface area (Å²) >= 11 is 1.59. The highest BCUT2D eigenvalue weighted by molar-refractivity contribution is 7.09. The number of hydrogen-bond acceptors (Lipinski definition) is 5. The molecule has 0 fully saturated rings. The summed E-state index contributed by atoms with van der Waals surface area (Å²) in [6, 6.07) is 5.30. The Labute approximate surface area is 115 Å². The summed E-state index contributed by atoms with van der Waals surface area (Å²) in [5, 5.41) is 17.2. The minimum atomic E-state index is -0.342. The fourth-order valence-corrected chi connectivity index (χ4v) is 2.57. The fourth-order valence-electron chi connectivity index (χ4n) is 1.87. The van der Waals surface area contributed by atoms with Gasteiger partial charge in [0.2, 0.25) is 0 Å². The van der Waals surface area contributed by atoms with Crippen LogP contribution in [0.4, 0.5) is 11.4 Å². The number of nitro benzene ring substituents is 1. The number of rotatable bonds is 5. The summed E-state index contributed by atoms with van der Waals surface area (Å²) in [5.74, 6) is 0.222. The predicted molar refractivity (Wildman–Crippen MR) is 76.9 cm³/mol. The van der Waals surface area contributed by atoms with Crippen molar-refractivity contribution < 1.29 is 4.92 Å². The van der Waals surface area contributed by atoms with E-state index >= 15 is 0 Å². The second kappa shape index (κ2) is 5.79. The first-order valence-electron chi connectivity index (χ1n) is 5.97. The quantitative estimate of drug-likeness (QED) is 0.670. The number of para-hydroxylation sites is 1. The first kappa shape index (κ1) is 13.5. The molecule has 100 valence electrons. The number of thiazole rings is 1. The Morgan fingerprint density at radius 3 is 2.95 bits per heavy atom. The molecular formula is C13H15N3O2S. The van der Waals surface area contributed by atoms with Crippen LogP contribution in [0.25, 0.3) is 0 Å². The molecule has 0 saturated carbocycles. The lowest BCUT2D eigenvalue weighted by Crippen LogP contribution is -2.11. The van der Waals surface area contributed by atoms with E-state index in [1.807, 2.05) is 18.4 Å². The van der Waals surface area contributed by atoms with Crippen LogP contribution in [-0.2, 0) is 0 Å². The second-order valence-electron chi connectivity index (χ2n) is 4.38. The van der Waals surface area contributed by atoms with E-state index < -0.39 is 0 Å². The van der Waals surface area contributed by atoms with Gasteiger partial charge in [-0.1, -0.05) is 19.1 Å². The molecular weight excluding hydrogens is 262 g/mol. The Hall–Kier alpha value is -1.95. The van der Waals surface area contributed by atoms with Crippen LogP contribution in [0.1, 0.15) is 23.4 Å². The molecule has 19 heavy (non-hydrogen) atoms. The normalized spacial score (nSPS) is 12.1. The lowest BCUT2D eigenvalue weighted by molar-refractivity contribution is -0.384. The van der Waals surface area contributed by atoms with Gasteiger partial charge in [0.1, 0.15) is 5.69 Å². The molecule has 0 aliphatic heterocycles. The lowest BCUT2D eigenvalue weighted by Gasteiger charge is -2.12. The van der Waals surface area contributed by atoms with Crippen molar-refractivity contribution in [3.63, 3.8) is 0 Å². The molecule has 5 nitrogen and oxygen atoms in total. The third kappa shape index (κ3) is 3.08. The van der Waals surface area contributed by atoms with Crippen LogP contribution in [0.5, 0.6) is 0 Å². The fraction of sp³-hybridized carbons (Fsp3) is 0.308. The maximum atomic E-state index is 11.1. The van der Waals surface area contributed by atoms with Crippen molar-refractivity contribution in [2.75, 3.05) is 11.9 Å². The van der Waals surface area contributed by atoms with Gasteiger partial charge < -0.3 is 5.32 Å². The number of hydrogen-bond donors (Lipinski definition) is 1. The van der Waals surface area contributed by atoms with Gasteiger partial charge in [0.05, 0.1) is 9.93 Å². The Kier molecular flexibility index (Phi) is 4.11. The molecule has 1 aromatic heterocycles. The molecule has 1 heterocycles. The van der Waals surface area contributed by atoms with Gasteiger partial charge in [-0.15, -0.1) is 11.3 Å². The van der Waals surface area contributed by atoms with Crippen LogP contribution in [0.2, 0.25) is 0 Å². The number of nitrogens with one attached hydrogen (secondary N) is 1.